The Morgan fingerprint density at radius 3 is 2.54 bits per heavy atom. The molecule has 0 radical (unpaired) electrons. The third-order valence-electron chi connectivity index (χ3n) is 4.93. The number of ether oxygens (including phenoxy) is 1. The molecule has 1 N–H and O–H groups in total. The lowest BCUT2D eigenvalue weighted by atomic mass is 9.89. The molecule has 1 aromatic rings. The second-order valence-electron chi connectivity index (χ2n) is 6.85. The van der Waals surface area contributed by atoms with Crippen LogP contribution in [0.5, 0.6) is 5.75 Å². The van der Waals surface area contributed by atoms with Crippen LogP contribution in [0.2, 0.25) is 0 Å². The Morgan fingerprint density at radius 2 is 1.88 bits per heavy atom. The van der Waals surface area contributed by atoms with Gasteiger partial charge in [-0.3, -0.25) is 4.79 Å². The molecule has 1 amide bonds. The van der Waals surface area contributed by atoms with Gasteiger partial charge in [0.1, 0.15) is 5.75 Å². The van der Waals surface area contributed by atoms with E-state index < -0.39 is 10.0 Å². The van der Waals surface area contributed by atoms with Crippen LogP contribution in [-0.2, 0) is 21.2 Å². The first kappa shape index (κ1) is 20.7. The first-order valence-electron chi connectivity index (χ1n) is 9.26. The van der Waals surface area contributed by atoms with Gasteiger partial charge in [0.25, 0.3) is 0 Å². The van der Waals surface area contributed by atoms with Crippen LogP contribution in [0.25, 0.3) is 0 Å². The highest BCUT2D eigenvalue weighted by Crippen LogP contribution is 2.23. The summed E-state index contributed by atoms with van der Waals surface area (Å²) in [7, 11) is -1.73. The number of sulfonamides is 1. The van der Waals surface area contributed by atoms with Gasteiger partial charge in [-0.25, -0.2) is 12.7 Å². The molecule has 0 saturated heterocycles. The van der Waals surface area contributed by atoms with Crippen LogP contribution in [0.15, 0.2) is 24.3 Å². The number of hydrogen-bond acceptors (Lipinski definition) is 4. The van der Waals surface area contributed by atoms with Gasteiger partial charge in [-0.1, -0.05) is 37.5 Å². The quantitative estimate of drug-likeness (QED) is 0.710. The number of carbonyl (C=O) groups excluding carboxylic acids is 1. The molecule has 2 rings (SSSR count). The number of nitrogens with zero attached hydrogens (tertiary/aromatic N) is 1. The molecule has 0 bridgehead atoms. The van der Waals surface area contributed by atoms with Crippen molar-refractivity contribution in [2.45, 2.75) is 38.5 Å². The molecule has 7 heteroatoms. The van der Waals surface area contributed by atoms with E-state index in [0.29, 0.717) is 19.5 Å². The summed E-state index contributed by atoms with van der Waals surface area (Å²) < 4.78 is 30.9. The zero-order valence-corrected chi connectivity index (χ0v) is 16.6. The molecule has 1 aliphatic rings. The number of rotatable bonds is 9. The molecule has 146 valence electrons. The van der Waals surface area contributed by atoms with Crippen molar-refractivity contribution >= 4 is 15.9 Å². The van der Waals surface area contributed by atoms with Crippen molar-refractivity contribution in [3.05, 3.63) is 29.8 Å². The van der Waals surface area contributed by atoms with E-state index >= 15 is 0 Å². The minimum absolute atomic E-state index is 0.0582. The Labute approximate surface area is 157 Å². The number of methoxy groups -OCH3 is 1. The van der Waals surface area contributed by atoms with Gasteiger partial charge in [-0.2, -0.15) is 0 Å². The van der Waals surface area contributed by atoms with Gasteiger partial charge < -0.3 is 10.1 Å². The van der Waals surface area contributed by atoms with Crippen LogP contribution in [0.4, 0.5) is 0 Å². The molecule has 0 aliphatic heterocycles. The van der Waals surface area contributed by atoms with E-state index in [1.807, 2.05) is 24.3 Å². The van der Waals surface area contributed by atoms with Crippen LogP contribution < -0.4 is 10.1 Å². The van der Waals surface area contributed by atoms with Crippen molar-refractivity contribution in [3.63, 3.8) is 0 Å². The molecule has 26 heavy (non-hydrogen) atoms. The number of benzene rings is 1. The minimum Gasteiger partial charge on any atom is -0.496 e. The third-order valence-corrected chi connectivity index (χ3v) is 6.23. The normalized spacial score (nSPS) is 15.8. The molecule has 0 unspecified atom stereocenters. The zero-order chi connectivity index (χ0) is 19.0. The largest absolute Gasteiger partial charge is 0.496 e. The lowest BCUT2D eigenvalue weighted by molar-refractivity contribution is -0.125. The van der Waals surface area contributed by atoms with E-state index in [1.165, 1.54) is 17.0 Å². The maximum atomic E-state index is 12.2. The highest BCUT2D eigenvalue weighted by molar-refractivity contribution is 7.88. The number of amides is 1. The van der Waals surface area contributed by atoms with Gasteiger partial charge >= 0.3 is 0 Å². The molecule has 0 atom stereocenters. The highest BCUT2D eigenvalue weighted by atomic mass is 32.2. The van der Waals surface area contributed by atoms with Crippen molar-refractivity contribution in [2.24, 2.45) is 5.92 Å². The van der Waals surface area contributed by atoms with Crippen LogP contribution >= 0.6 is 0 Å². The fourth-order valence-corrected chi connectivity index (χ4v) is 4.26. The van der Waals surface area contributed by atoms with Crippen LogP contribution in [-0.4, -0.2) is 51.6 Å². The summed E-state index contributed by atoms with van der Waals surface area (Å²) in [5, 5.41) is 2.91. The van der Waals surface area contributed by atoms with E-state index in [1.54, 1.807) is 7.11 Å². The molecule has 1 fully saturated rings. The van der Waals surface area contributed by atoms with Gasteiger partial charge in [-0.05, 0) is 30.9 Å². The number of hydrogen-bond donors (Lipinski definition) is 1. The van der Waals surface area contributed by atoms with Crippen molar-refractivity contribution in [1.82, 2.24) is 9.62 Å². The summed E-state index contributed by atoms with van der Waals surface area (Å²) >= 11 is 0. The van der Waals surface area contributed by atoms with Gasteiger partial charge in [0.15, 0.2) is 0 Å². The minimum atomic E-state index is -3.34. The molecular formula is C19H30N2O4S. The van der Waals surface area contributed by atoms with Gasteiger partial charge in [0, 0.05) is 25.6 Å². The van der Waals surface area contributed by atoms with Gasteiger partial charge in [0.2, 0.25) is 15.9 Å². The van der Waals surface area contributed by atoms with E-state index in [9.17, 15) is 13.2 Å². The summed E-state index contributed by atoms with van der Waals surface area (Å²) in [6.45, 7) is 0.985. The van der Waals surface area contributed by atoms with E-state index in [0.717, 1.165) is 37.0 Å². The number of carbonyl (C=O) groups is 1. The second kappa shape index (κ2) is 9.92. The lowest BCUT2D eigenvalue weighted by Gasteiger charge is -2.23. The Bertz CT molecular complexity index is 685. The topological polar surface area (TPSA) is 75.7 Å². The van der Waals surface area contributed by atoms with E-state index in [4.69, 9.17) is 4.74 Å². The zero-order valence-electron chi connectivity index (χ0n) is 15.7. The van der Waals surface area contributed by atoms with Crippen molar-refractivity contribution < 1.29 is 17.9 Å². The summed E-state index contributed by atoms with van der Waals surface area (Å²) in [4.78, 5) is 12.2. The standard InChI is InChI=1S/C19H30N2O4S/c1-25-18-11-7-6-8-16(18)12-14-21(26(2,23)24)15-13-20-19(22)17-9-4-3-5-10-17/h6-8,11,17H,3-5,9-10,12-15H2,1-2H3,(H,20,22). The van der Waals surface area contributed by atoms with Crippen molar-refractivity contribution in [1.29, 1.82) is 0 Å². The monoisotopic (exact) mass is 382 g/mol. The summed E-state index contributed by atoms with van der Waals surface area (Å²) in [6, 6.07) is 7.60. The van der Waals surface area contributed by atoms with Crippen molar-refractivity contribution in [3.8, 4) is 5.75 Å². The predicted octanol–water partition coefficient (Wildman–Crippen LogP) is 2.20. The van der Waals surface area contributed by atoms with Gasteiger partial charge in [0.05, 0.1) is 13.4 Å². The molecule has 6 nitrogen and oxygen atoms in total. The van der Waals surface area contributed by atoms with Crippen LogP contribution in [0, 0.1) is 5.92 Å². The van der Waals surface area contributed by atoms with Gasteiger partial charge in [-0.15, -0.1) is 0 Å². The SMILES string of the molecule is COc1ccccc1CCN(CCNC(=O)C1CCCCC1)S(C)(=O)=O. The molecule has 1 aromatic carbocycles. The molecule has 0 spiro atoms. The predicted molar refractivity (Wildman–Crippen MR) is 103 cm³/mol. The first-order chi connectivity index (χ1) is 12.4. The van der Waals surface area contributed by atoms with Crippen LogP contribution in [0.1, 0.15) is 37.7 Å². The Kier molecular flexibility index (Phi) is 7.90. The maximum absolute atomic E-state index is 12.2. The Morgan fingerprint density at radius 1 is 1.19 bits per heavy atom. The highest BCUT2D eigenvalue weighted by Gasteiger charge is 2.22. The number of para-hydroxylation sites is 1. The fraction of sp³-hybridized carbons (Fsp3) is 0.632. The smallest absolute Gasteiger partial charge is 0.223 e. The molecule has 1 saturated carbocycles. The summed E-state index contributed by atoms with van der Waals surface area (Å²) in [5.74, 6) is 0.901. The fourth-order valence-electron chi connectivity index (χ4n) is 3.41. The molecular weight excluding hydrogens is 352 g/mol. The third kappa shape index (κ3) is 6.29. The Hall–Kier alpha value is -1.60. The van der Waals surface area contributed by atoms with Crippen molar-refractivity contribution in [2.75, 3.05) is 33.0 Å². The molecule has 1 aliphatic carbocycles. The average molecular weight is 383 g/mol. The Balaban J connectivity index is 1.86. The average Bonchev–Trinajstić information content (AvgIpc) is 2.64. The summed E-state index contributed by atoms with van der Waals surface area (Å²) in [6.07, 6.45) is 7.06. The summed E-state index contributed by atoms with van der Waals surface area (Å²) in [5.41, 5.74) is 0.967. The maximum Gasteiger partial charge on any atom is 0.223 e. The number of nitrogens with one attached hydrogen (secondary N) is 1. The second-order valence-corrected chi connectivity index (χ2v) is 8.83. The first-order valence-corrected chi connectivity index (χ1v) is 11.1. The van der Waals surface area contributed by atoms with E-state index in [2.05, 4.69) is 5.32 Å². The molecule has 0 aromatic heterocycles. The van der Waals surface area contributed by atoms with E-state index in [-0.39, 0.29) is 18.4 Å². The lowest BCUT2D eigenvalue weighted by Crippen LogP contribution is -2.41. The molecule has 0 heterocycles. The van der Waals surface area contributed by atoms with Crippen LogP contribution in [0.3, 0.4) is 0 Å².